The van der Waals surface area contributed by atoms with Crippen molar-refractivity contribution in [3.63, 3.8) is 0 Å². The lowest BCUT2D eigenvalue weighted by Gasteiger charge is -2.28. The summed E-state index contributed by atoms with van der Waals surface area (Å²) < 4.78 is 0. The molecule has 3 aromatic rings. The van der Waals surface area contributed by atoms with E-state index in [9.17, 15) is 14.7 Å². The largest absolute Gasteiger partial charge is 0.480 e. The van der Waals surface area contributed by atoms with Crippen molar-refractivity contribution in [2.45, 2.75) is 19.0 Å². The number of hydrogen-bond donors (Lipinski definition) is 2. The van der Waals surface area contributed by atoms with Crippen LogP contribution < -0.4 is 0 Å². The summed E-state index contributed by atoms with van der Waals surface area (Å²) in [6.45, 7) is 1.55. The highest BCUT2D eigenvalue weighted by Crippen LogP contribution is 2.42. The van der Waals surface area contributed by atoms with Gasteiger partial charge in [0.2, 0.25) is 0 Å². The molecule has 2 aromatic carbocycles. The number of aromatic amines is 1. The van der Waals surface area contributed by atoms with E-state index in [4.69, 9.17) is 0 Å². The summed E-state index contributed by atoms with van der Waals surface area (Å²) in [6.07, 6.45) is 1.87. The number of hydrogen-bond acceptors (Lipinski definition) is 2. The maximum atomic E-state index is 12.8. The van der Waals surface area contributed by atoms with Gasteiger partial charge in [-0.3, -0.25) is 4.79 Å². The fourth-order valence-electron chi connectivity index (χ4n) is 3.49. The van der Waals surface area contributed by atoms with Gasteiger partial charge in [0.1, 0.15) is 6.04 Å². The number of amides is 1. The van der Waals surface area contributed by atoms with Gasteiger partial charge in [-0.15, -0.1) is 0 Å². The Morgan fingerprint density at radius 3 is 2.62 bits per heavy atom. The number of H-pyrrole nitrogens is 1. The summed E-state index contributed by atoms with van der Waals surface area (Å²) in [5.74, 6) is -1.25. The molecule has 2 N–H and O–H groups in total. The number of aromatic nitrogens is 1. The highest BCUT2D eigenvalue weighted by Gasteiger charge is 2.42. The summed E-state index contributed by atoms with van der Waals surface area (Å²) in [6, 6.07) is 13.8. The molecule has 0 unspecified atom stereocenters. The summed E-state index contributed by atoms with van der Waals surface area (Å²) in [7, 11) is 0. The van der Waals surface area contributed by atoms with Crippen LogP contribution in [0.5, 0.6) is 0 Å². The van der Waals surface area contributed by atoms with E-state index in [1.54, 1.807) is 19.1 Å². The number of carboxylic acids is 1. The van der Waals surface area contributed by atoms with Gasteiger partial charge < -0.3 is 15.0 Å². The highest BCUT2D eigenvalue weighted by molar-refractivity contribution is 6.02. The van der Waals surface area contributed by atoms with Crippen molar-refractivity contribution in [1.82, 2.24) is 9.88 Å². The molecule has 2 heterocycles. The maximum Gasteiger partial charge on any atom is 0.326 e. The predicted molar refractivity (Wildman–Crippen MR) is 89.9 cm³/mol. The number of aliphatic carboxylic acids is 1. The molecule has 24 heavy (non-hydrogen) atoms. The second kappa shape index (κ2) is 5.23. The molecule has 2 atom stereocenters. The fourth-order valence-corrected chi connectivity index (χ4v) is 3.49. The number of carbonyl (C=O) groups is 2. The van der Waals surface area contributed by atoms with Gasteiger partial charge in [-0.25, -0.2) is 4.79 Å². The van der Waals surface area contributed by atoms with Crippen molar-refractivity contribution in [1.29, 1.82) is 0 Å². The normalized spacial score (nSPS) is 18.0. The molecule has 120 valence electrons. The molecule has 0 saturated carbocycles. The lowest BCUT2D eigenvalue weighted by Crippen LogP contribution is -2.41. The number of rotatable bonds is 3. The number of fused-ring (bicyclic) bond motifs is 2. The molecule has 1 amide bonds. The van der Waals surface area contributed by atoms with Crippen LogP contribution in [0.3, 0.4) is 0 Å². The van der Waals surface area contributed by atoms with Gasteiger partial charge in [-0.05, 0) is 24.6 Å². The second-order valence-corrected chi connectivity index (χ2v) is 6.01. The average Bonchev–Trinajstić information content (AvgIpc) is 3.13. The number of benzene rings is 2. The molecule has 0 saturated heterocycles. The van der Waals surface area contributed by atoms with Gasteiger partial charge in [-0.1, -0.05) is 36.4 Å². The first-order chi connectivity index (χ1) is 11.6. The van der Waals surface area contributed by atoms with Crippen LogP contribution in [0.25, 0.3) is 10.9 Å². The first-order valence-electron chi connectivity index (χ1n) is 7.80. The first-order valence-corrected chi connectivity index (χ1v) is 7.80. The molecule has 1 aliphatic rings. The Kier molecular flexibility index (Phi) is 3.16. The number of para-hydroxylation sites is 1. The van der Waals surface area contributed by atoms with E-state index < -0.39 is 18.1 Å². The van der Waals surface area contributed by atoms with Crippen LogP contribution >= 0.6 is 0 Å². The third-order valence-electron chi connectivity index (χ3n) is 4.69. The van der Waals surface area contributed by atoms with Gasteiger partial charge in [0, 0.05) is 28.2 Å². The van der Waals surface area contributed by atoms with E-state index in [0.717, 1.165) is 22.0 Å². The van der Waals surface area contributed by atoms with Crippen LogP contribution in [-0.4, -0.2) is 32.9 Å². The van der Waals surface area contributed by atoms with E-state index in [1.807, 2.05) is 42.6 Å². The molecular weight excluding hydrogens is 304 g/mol. The van der Waals surface area contributed by atoms with E-state index in [-0.39, 0.29) is 5.91 Å². The van der Waals surface area contributed by atoms with Crippen molar-refractivity contribution < 1.29 is 14.7 Å². The molecule has 0 aliphatic carbocycles. The molecule has 5 heteroatoms. The minimum atomic E-state index is -1.01. The Labute approximate surface area is 138 Å². The average molecular weight is 320 g/mol. The van der Waals surface area contributed by atoms with Crippen LogP contribution in [0.2, 0.25) is 0 Å². The molecular formula is C19H16N2O3. The SMILES string of the molecule is C[C@H](C(=O)O)N1C(=O)c2ccccc2[C@H]1c1c[nH]c2ccccc12. The van der Waals surface area contributed by atoms with Gasteiger partial charge in [0.15, 0.2) is 0 Å². The molecule has 0 spiro atoms. The van der Waals surface area contributed by atoms with E-state index >= 15 is 0 Å². The third-order valence-corrected chi connectivity index (χ3v) is 4.69. The van der Waals surface area contributed by atoms with Crippen molar-refractivity contribution in [3.05, 3.63) is 71.4 Å². The van der Waals surface area contributed by atoms with Crippen LogP contribution in [0, 0.1) is 0 Å². The summed E-state index contributed by atoms with van der Waals surface area (Å²) in [5, 5.41) is 10.5. The van der Waals surface area contributed by atoms with E-state index in [1.165, 1.54) is 4.90 Å². The zero-order valence-electron chi connectivity index (χ0n) is 13.1. The fraction of sp³-hybridized carbons (Fsp3) is 0.158. The monoisotopic (exact) mass is 320 g/mol. The predicted octanol–water partition coefficient (Wildman–Crippen LogP) is 3.19. The van der Waals surface area contributed by atoms with Crippen molar-refractivity contribution in [2.75, 3.05) is 0 Å². The highest BCUT2D eigenvalue weighted by atomic mass is 16.4. The van der Waals surface area contributed by atoms with Crippen molar-refractivity contribution in [3.8, 4) is 0 Å². The summed E-state index contributed by atoms with van der Waals surface area (Å²) >= 11 is 0. The summed E-state index contributed by atoms with van der Waals surface area (Å²) in [5.41, 5.74) is 3.30. The van der Waals surface area contributed by atoms with Gasteiger partial charge in [0.25, 0.3) is 5.91 Å². The topological polar surface area (TPSA) is 73.4 Å². The van der Waals surface area contributed by atoms with Gasteiger partial charge in [0.05, 0.1) is 6.04 Å². The Balaban J connectivity index is 1.95. The zero-order valence-corrected chi connectivity index (χ0v) is 13.1. The Morgan fingerprint density at radius 1 is 1.12 bits per heavy atom. The molecule has 5 nitrogen and oxygen atoms in total. The lowest BCUT2D eigenvalue weighted by atomic mass is 9.97. The number of nitrogens with zero attached hydrogens (tertiary/aromatic N) is 1. The second-order valence-electron chi connectivity index (χ2n) is 6.01. The standard InChI is InChI=1S/C19H16N2O3/c1-11(19(23)24)21-17(13-7-2-3-8-14(13)18(21)22)15-10-20-16-9-5-4-6-12(15)16/h2-11,17,20H,1H3,(H,23,24)/t11-,17+/m1/s1. The lowest BCUT2D eigenvalue weighted by molar-refractivity contribution is -0.142. The minimum absolute atomic E-state index is 0.240. The minimum Gasteiger partial charge on any atom is -0.480 e. The molecule has 1 aromatic heterocycles. The number of carbonyl (C=O) groups excluding carboxylic acids is 1. The number of carboxylic acid groups (broad SMARTS) is 1. The van der Waals surface area contributed by atoms with Crippen LogP contribution in [-0.2, 0) is 4.79 Å². The Bertz CT molecular complexity index is 960. The molecule has 0 bridgehead atoms. The number of nitrogens with one attached hydrogen (secondary N) is 1. The Morgan fingerprint density at radius 2 is 1.83 bits per heavy atom. The third kappa shape index (κ3) is 1.94. The van der Waals surface area contributed by atoms with Crippen molar-refractivity contribution in [2.24, 2.45) is 0 Å². The quantitative estimate of drug-likeness (QED) is 0.778. The maximum absolute atomic E-state index is 12.8. The van der Waals surface area contributed by atoms with Crippen LogP contribution in [0.15, 0.2) is 54.7 Å². The molecule has 4 rings (SSSR count). The first kappa shape index (κ1) is 14.5. The van der Waals surface area contributed by atoms with Crippen LogP contribution in [0.4, 0.5) is 0 Å². The van der Waals surface area contributed by atoms with E-state index in [2.05, 4.69) is 4.98 Å². The van der Waals surface area contributed by atoms with Gasteiger partial charge in [-0.2, -0.15) is 0 Å². The van der Waals surface area contributed by atoms with Crippen LogP contribution in [0.1, 0.15) is 34.5 Å². The molecule has 0 fully saturated rings. The molecule has 1 aliphatic heterocycles. The van der Waals surface area contributed by atoms with Gasteiger partial charge >= 0.3 is 5.97 Å². The van der Waals surface area contributed by atoms with E-state index in [0.29, 0.717) is 5.56 Å². The Hall–Kier alpha value is -3.08. The smallest absolute Gasteiger partial charge is 0.326 e. The van der Waals surface area contributed by atoms with Crippen molar-refractivity contribution >= 4 is 22.8 Å². The summed E-state index contributed by atoms with van der Waals surface area (Å²) in [4.78, 5) is 29.1. The molecule has 0 radical (unpaired) electrons. The zero-order chi connectivity index (χ0) is 16.8.